The van der Waals surface area contributed by atoms with Gasteiger partial charge in [-0.05, 0) is 70.9 Å². The molecule has 2 amide bonds. The van der Waals surface area contributed by atoms with Crippen molar-refractivity contribution in [1.29, 1.82) is 0 Å². The standard InChI is InChI=1S/C31H39N3O5S/c1-23-15-17-28(18-16-23)40(37,38)34(26-13-10-14-27(21-26)39-6)22-29(35)33(20-19-25-11-8-7-9-12-25)24(2)30(36)32-31(3,4)5/h7-18,21,24H,19-20,22H2,1-6H3,(H,32,36)/t24-/m1/s1. The van der Waals surface area contributed by atoms with Crippen molar-refractivity contribution in [2.75, 3.05) is 24.5 Å². The van der Waals surface area contributed by atoms with Crippen LogP contribution >= 0.6 is 0 Å². The van der Waals surface area contributed by atoms with Gasteiger partial charge in [0.05, 0.1) is 17.7 Å². The molecule has 3 aromatic rings. The summed E-state index contributed by atoms with van der Waals surface area (Å²) in [6, 6.07) is 21.8. The van der Waals surface area contributed by atoms with Crippen molar-refractivity contribution in [3.8, 4) is 5.75 Å². The number of anilines is 1. The Hall–Kier alpha value is -3.85. The van der Waals surface area contributed by atoms with Gasteiger partial charge < -0.3 is 15.0 Å². The summed E-state index contributed by atoms with van der Waals surface area (Å²) in [4.78, 5) is 28.6. The maximum atomic E-state index is 14.0. The van der Waals surface area contributed by atoms with Gasteiger partial charge >= 0.3 is 0 Å². The lowest BCUT2D eigenvalue weighted by Gasteiger charge is -2.33. The van der Waals surface area contributed by atoms with Gasteiger partial charge in [-0.3, -0.25) is 13.9 Å². The Bertz CT molecular complexity index is 1400. The predicted molar refractivity (Wildman–Crippen MR) is 158 cm³/mol. The highest BCUT2D eigenvalue weighted by Crippen LogP contribution is 2.27. The van der Waals surface area contributed by atoms with Crippen molar-refractivity contribution in [3.63, 3.8) is 0 Å². The quantitative estimate of drug-likeness (QED) is 0.367. The number of hydrogen-bond donors (Lipinski definition) is 1. The number of nitrogens with one attached hydrogen (secondary N) is 1. The number of sulfonamides is 1. The number of ether oxygens (including phenoxy) is 1. The van der Waals surface area contributed by atoms with Crippen LogP contribution in [0.5, 0.6) is 5.75 Å². The molecule has 9 heteroatoms. The van der Waals surface area contributed by atoms with E-state index in [4.69, 9.17) is 4.74 Å². The first-order chi connectivity index (χ1) is 18.8. The molecule has 0 fully saturated rings. The average molecular weight is 566 g/mol. The summed E-state index contributed by atoms with van der Waals surface area (Å²) in [6.45, 7) is 8.87. The Kier molecular flexibility index (Phi) is 9.98. The lowest BCUT2D eigenvalue weighted by Crippen LogP contribution is -2.55. The fraction of sp³-hybridized carbons (Fsp3) is 0.355. The van der Waals surface area contributed by atoms with Gasteiger partial charge in [-0.15, -0.1) is 0 Å². The number of amides is 2. The van der Waals surface area contributed by atoms with Gasteiger partial charge in [-0.2, -0.15) is 0 Å². The average Bonchev–Trinajstić information content (AvgIpc) is 2.91. The van der Waals surface area contributed by atoms with Gasteiger partial charge in [0.1, 0.15) is 18.3 Å². The predicted octanol–water partition coefficient (Wildman–Crippen LogP) is 4.57. The smallest absolute Gasteiger partial charge is 0.264 e. The summed E-state index contributed by atoms with van der Waals surface area (Å²) in [6.07, 6.45) is 0.504. The zero-order valence-corrected chi connectivity index (χ0v) is 24.9. The highest BCUT2D eigenvalue weighted by Gasteiger charge is 2.33. The minimum Gasteiger partial charge on any atom is -0.497 e. The zero-order chi connectivity index (χ0) is 29.5. The first-order valence-electron chi connectivity index (χ1n) is 13.2. The van der Waals surface area contributed by atoms with E-state index in [1.165, 1.54) is 24.1 Å². The Morgan fingerprint density at radius 2 is 1.60 bits per heavy atom. The lowest BCUT2D eigenvalue weighted by molar-refractivity contribution is -0.139. The molecule has 3 rings (SSSR count). The molecule has 0 aliphatic carbocycles. The van der Waals surface area contributed by atoms with E-state index in [2.05, 4.69) is 5.32 Å². The molecule has 0 unspecified atom stereocenters. The zero-order valence-electron chi connectivity index (χ0n) is 24.0. The van der Waals surface area contributed by atoms with E-state index in [0.717, 1.165) is 15.4 Å². The molecule has 8 nitrogen and oxygen atoms in total. The molecule has 0 aliphatic heterocycles. The molecular formula is C31H39N3O5S. The van der Waals surface area contributed by atoms with Gasteiger partial charge in [-0.1, -0.05) is 54.1 Å². The molecule has 1 N–H and O–H groups in total. The highest BCUT2D eigenvalue weighted by molar-refractivity contribution is 7.92. The highest BCUT2D eigenvalue weighted by atomic mass is 32.2. The van der Waals surface area contributed by atoms with Crippen LogP contribution in [-0.4, -0.2) is 56.9 Å². The second-order valence-electron chi connectivity index (χ2n) is 10.8. The van der Waals surface area contributed by atoms with Crippen LogP contribution in [0.2, 0.25) is 0 Å². The number of aryl methyl sites for hydroxylation is 1. The molecule has 3 aromatic carbocycles. The molecule has 40 heavy (non-hydrogen) atoms. The third-order valence-corrected chi connectivity index (χ3v) is 8.17. The molecule has 214 valence electrons. The van der Waals surface area contributed by atoms with Crippen LogP contribution in [0, 0.1) is 6.92 Å². The van der Waals surface area contributed by atoms with Crippen molar-refractivity contribution in [3.05, 3.63) is 90.0 Å². The number of rotatable bonds is 11. The first-order valence-corrected chi connectivity index (χ1v) is 14.6. The van der Waals surface area contributed by atoms with Crippen LogP contribution in [0.4, 0.5) is 5.69 Å². The van der Waals surface area contributed by atoms with Crippen molar-refractivity contribution < 1.29 is 22.7 Å². The third kappa shape index (κ3) is 8.08. The van der Waals surface area contributed by atoms with E-state index in [1.807, 2.05) is 58.0 Å². The minimum atomic E-state index is -4.14. The third-order valence-electron chi connectivity index (χ3n) is 6.38. The van der Waals surface area contributed by atoms with E-state index >= 15 is 0 Å². The second kappa shape index (κ2) is 13.0. The number of benzene rings is 3. The maximum absolute atomic E-state index is 14.0. The van der Waals surface area contributed by atoms with Crippen molar-refractivity contribution in [1.82, 2.24) is 10.2 Å². The SMILES string of the molecule is COc1cccc(N(CC(=O)N(CCc2ccccc2)[C@H](C)C(=O)NC(C)(C)C)S(=O)(=O)c2ccc(C)cc2)c1. The molecular weight excluding hydrogens is 526 g/mol. The summed E-state index contributed by atoms with van der Waals surface area (Å²) in [5.74, 6) is -0.359. The maximum Gasteiger partial charge on any atom is 0.264 e. The molecule has 0 bridgehead atoms. The summed E-state index contributed by atoms with van der Waals surface area (Å²) >= 11 is 0. The van der Waals surface area contributed by atoms with Crippen LogP contribution in [0.15, 0.2) is 83.8 Å². The fourth-order valence-electron chi connectivity index (χ4n) is 4.18. The van der Waals surface area contributed by atoms with Crippen molar-refractivity contribution in [2.45, 2.75) is 57.5 Å². The minimum absolute atomic E-state index is 0.0584. The number of carbonyl (C=O) groups excluding carboxylic acids is 2. The molecule has 1 atom stereocenters. The van der Waals surface area contributed by atoms with Gasteiger partial charge in [0.2, 0.25) is 11.8 Å². The van der Waals surface area contributed by atoms with E-state index < -0.39 is 34.1 Å². The molecule has 0 aromatic heterocycles. The van der Waals surface area contributed by atoms with Crippen LogP contribution < -0.4 is 14.4 Å². The van der Waals surface area contributed by atoms with E-state index in [1.54, 1.807) is 43.3 Å². The molecule has 0 spiro atoms. The molecule has 0 heterocycles. The Morgan fingerprint density at radius 1 is 0.950 bits per heavy atom. The van der Waals surface area contributed by atoms with Crippen molar-refractivity contribution in [2.24, 2.45) is 0 Å². The monoisotopic (exact) mass is 565 g/mol. The Morgan fingerprint density at radius 3 is 2.20 bits per heavy atom. The van der Waals surface area contributed by atoms with Crippen molar-refractivity contribution >= 4 is 27.5 Å². The van der Waals surface area contributed by atoms with E-state index in [0.29, 0.717) is 12.2 Å². The molecule has 0 saturated heterocycles. The van der Waals surface area contributed by atoms with Gasteiger partial charge in [0.15, 0.2) is 0 Å². The normalized spacial score (nSPS) is 12.3. The Balaban J connectivity index is 2.00. The summed E-state index contributed by atoms with van der Waals surface area (Å²) in [7, 11) is -2.65. The number of nitrogens with zero attached hydrogens (tertiary/aromatic N) is 2. The number of carbonyl (C=O) groups is 2. The largest absolute Gasteiger partial charge is 0.497 e. The van der Waals surface area contributed by atoms with Gasteiger partial charge in [-0.25, -0.2) is 8.42 Å². The lowest BCUT2D eigenvalue weighted by atomic mass is 10.1. The molecule has 0 saturated carbocycles. The summed E-state index contributed by atoms with van der Waals surface area (Å²) in [5.41, 5.74) is 1.69. The summed E-state index contributed by atoms with van der Waals surface area (Å²) in [5, 5.41) is 2.93. The fourth-order valence-corrected chi connectivity index (χ4v) is 5.58. The topological polar surface area (TPSA) is 96.0 Å². The van der Waals surface area contributed by atoms with E-state index in [-0.39, 0.29) is 23.0 Å². The van der Waals surface area contributed by atoms with Crippen LogP contribution in [0.25, 0.3) is 0 Å². The first kappa shape index (κ1) is 30.7. The van der Waals surface area contributed by atoms with Crippen LogP contribution in [0.1, 0.15) is 38.8 Å². The molecule has 0 aliphatic rings. The van der Waals surface area contributed by atoms with Gasteiger partial charge in [0, 0.05) is 18.2 Å². The van der Waals surface area contributed by atoms with Gasteiger partial charge in [0.25, 0.3) is 10.0 Å². The number of hydrogen-bond acceptors (Lipinski definition) is 5. The number of methoxy groups -OCH3 is 1. The van der Waals surface area contributed by atoms with E-state index in [9.17, 15) is 18.0 Å². The second-order valence-corrected chi connectivity index (χ2v) is 12.6. The molecule has 0 radical (unpaired) electrons. The van der Waals surface area contributed by atoms with Crippen LogP contribution in [0.3, 0.4) is 0 Å². The summed E-state index contributed by atoms with van der Waals surface area (Å²) < 4.78 is 34.2. The Labute approximate surface area is 238 Å². The van der Waals surface area contributed by atoms with Crippen LogP contribution in [-0.2, 0) is 26.0 Å².